The van der Waals surface area contributed by atoms with Gasteiger partial charge in [0, 0.05) is 6.07 Å². The van der Waals surface area contributed by atoms with E-state index in [9.17, 15) is 9.59 Å². The Bertz CT molecular complexity index is 1930. The number of hydrogen-bond donors (Lipinski definition) is 0. The summed E-state index contributed by atoms with van der Waals surface area (Å²) in [6.07, 6.45) is 32.5. The number of rotatable bonds is 38. The fraction of sp³-hybridized carbons (Fsp3) is 0.552. The Morgan fingerprint density at radius 3 is 1.07 bits per heavy atom. The topological polar surface area (TPSA) is 105 Å². The lowest BCUT2D eigenvalue weighted by molar-refractivity contribution is 0.0733. The molecule has 0 heterocycles. The molecule has 0 amide bonds. The van der Waals surface area contributed by atoms with Crippen LogP contribution in [0.4, 0.5) is 11.4 Å². The zero-order chi connectivity index (χ0) is 47.4. The van der Waals surface area contributed by atoms with Crippen LogP contribution in [0.5, 0.6) is 28.7 Å². The number of carbonyl (C=O) groups is 2. The van der Waals surface area contributed by atoms with Gasteiger partial charge in [0.15, 0.2) is 5.75 Å². The van der Waals surface area contributed by atoms with Gasteiger partial charge in [0.05, 0.1) is 36.6 Å². The van der Waals surface area contributed by atoms with Crippen LogP contribution in [0, 0.1) is 0 Å². The van der Waals surface area contributed by atoms with E-state index >= 15 is 0 Å². The van der Waals surface area contributed by atoms with Crippen LogP contribution in [0.25, 0.3) is 0 Å². The summed E-state index contributed by atoms with van der Waals surface area (Å²) in [5.41, 5.74) is 1.59. The fourth-order valence-electron chi connectivity index (χ4n) is 7.77. The minimum absolute atomic E-state index is 0.0928. The predicted molar refractivity (Wildman–Crippen MR) is 273 cm³/mol. The molecule has 0 spiro atoms. The summed E-state index contributed by atoms with van der Waals surface area (Å²) < 4.78 is 29.5. The molecule has 0 fully saturated rings. The number of esters is 2. The van der Waals surface area contributed by atoms with E-state index in [4.69, 9.17) is 23.7 Å². The molecule has 4 aromatic rings. The van der Waals surface area contributed by atoms with Gasteiger partial charge in [-0.15, -0.1) is 5.11 Å². The Morgan fingerprint density at radius 1 is 0.358 bits per heavy atom. The third-order valence-corrected chi connectivity index (χ3v) is 11.9. The van der Waals surface area contributed by atoms with Gasteiger partial charge >= 0.3 is 11.9 Å². The van der Waals surface area contributed by atoms with Gasteiger partial charge in [-0.05, 0) is 104 Å². The summed E-state index contributed by atoms with van der Waals surface area (Å²) in [6, 6.07) is 26.0. The molecule has 4 rings (SSSR count). The van der Waals surface area contributed by atoms with Gasteiger partial charge in [-0.25, -0.2) is 9.59 Å². The van der Waals surface area contributed by atoms with E-state index in [1.54, 1.807) is 60.7 Å². The molecule has 0 radical (unpaired) electrons. The molecule has 67 heavy (non-hydrogen) atoms. The van der Waals surface area contributed by atoms with Crippen LogP contribution in [-0.4, -0.2) is 31.8 Å². The van der Waals surface area contributed by atoms with Crippen molar-refractivity contribution in [1.29, 1.82) is 0 Å². The van der Waals surface area contributed by atoms with Crippen LogP contribution in [0.1, 0.15) is 208 Å². The number of ether oxygens (including phenoxy) is 5. The van der Waals surface area contributed by atoms with E-state index in [1.807, 2.05) is 24.3 Å². The normalized spacial score (nSPS) is 11.2. The zero-order valence-electron chi connectivity index (χ0n) is 41.4. The number of carbonyl (C=O) groups excluding carboxylic acids is 2. The van der Waals surface area contributed by atoms with Crippen molar-refractivity contribution in [2.75, 3.05) is 19.8 Å². The third kappa shape index (κ3) is 23.9. The van der Waals surface area contributed by atoms with Crippen LogP contribution in [0.3, 0.4) is 0 Å². The van der Waals surface area contributed by atoms with Crippen molar-refractivity contribution >= 4 is 23.3 Å². The highest BCUT2D eigenvalue weighted by molar-refractivity contribution is 5.93. The predicted octanol–water partition coefficient (Wildman–Crippen LogP) is 17.9. The first-order valence-corrected chi connectivity index (χ1v) is 26.2. The SMILES string of the molecule is CCCCCCCCCCCCOc1ccc(N=Nc2ccc(OC(=O)c3ccc(OCCCCCCCCCC)cc3)cc2OC(=O)c2ccc(OCCCCCCCCCC)cc2)cc1. The van der Waals surface area contributed by atoms with E-state index in [2.05, 4.69) is 31.0 Å². The van der Waals surface area contributed by atoms with Crippen molar-refractivity contribution < 1.29 is 33.3 Å². The zero-order valence-corrected chi connectivity index (χ0v) is 41.4. The monoisotopic (exact) mass is 919 g/mol. The minimum atomic E-state index is -0.596. The van der Waals surface area contributed by atoms with E-state index in [-0.39, 0.29) is 17.2 Å². The lowest BCUT2D eigenvalue weighted by Gasteiger charge is -2.11. The average Bonchev–Trinajstić information content (AvgIpc) is 3.35. The summed E-state index contributed by atoms with van der Waals surface area (Å²) in [5, 5.41) is 8.88. The molecule has 0 unspecified atom stereocenters. The summed E-state index contributed by atoms with van der Waals surface area (Å²) in [6.45, 7) is 8.68. The molecule has 366 valence electrons. The van der Waals surface area contributed by atoms with Gasteiger partial charge in [-0.2, -0.15) is 5.11 Å². The standard InChI is InChI=1S/C58H82N2O7/c1-4-7-10-13-16-19-20-23-26-29-46-65-53-40-34-50(35-41-53)59-60-55-43-42-54(66-57(61)48-30-36-51(37-31-48)63-44-27-24-21-17-14-11-8-5-2)47-56(55)67-58(62)49-32-38-52(39-33-49)64-45-28-25-22-18-15-12-9-6-3/h30-43,47H,4-29,44-46H2,1-3H3. The van der Waals surface area contributed by atoms with E-state index in [1.165, 1.54) is 141 Å². The molecule has 4 aromatic carbocycles. The molecule has 0 aromatic heterocycles. The van der Waals surface area contributed by atoms with Crippen molar-refractivity contribution in [3.8, 4) is 28.7 Å². The Labute approximate surface area is 403 Å². The molecule has 0 N–H and O–H groups in total. The molecular formula is C58H82N2O7. The largest absolute Gasteiger partial charge is 0.494 e. The summed E-state index contributed by atoms with van der Waals surface area (Å²) in [7, 11) is 0. The lowest BCUT2D eigenvalue weighted by atomic mass is 10.1. The first kappa shape index (κ1) is 54.4. The van der Waals surface area contributed by atoms with Crippen LogP contribution >= 0.6 is 0 Å². The fourth-order valence-corrected chi connectivity index (χ4v) is 7.77. The van der Waals surface area contributed by atoms with Crippen molar-refractivity contribution in [2.24, 2.45) is 10.2 Å². The Hall–Kier alpha value is -5.18. The van der Waals surface area contributed by atoms with Gasteiger partial charge in [0.1, 0.15) is 28.7 Å². The van der Waals surface area contributed by atoms with Crippen molar-refractivity contribution in [1.82, 2.24) is 0 Å². The molecule has 0 aliphatic rings. The number of benzene rings is 4. The Morgan fingerprint density at radius 2 is 0.687 bits per heavy atom. The average molecular weight is 919 g/mol. The maximum Gasteiger partial charge on any atom is 0.343 e. The van der Waals surface area contributed by atoms with Crippen molar-refractivity contribution in [2.45, 2.75) is 188 Å². The number of hydrogen-bond acceptors (Lipinski definition) is 9. The molecule has 0 saturated carbocycles. The van der Waals surface area contributed by atoms with Crippen molar-refractivity contribution in [3.63, 3.8) is 0 Å². The smallest absolute Gasteiger partial charge is 0.343 e. The lowest BCUT2D eigenvalue weighted by Crippen LogP contribution is -2.10. The molecular weight excluding hydrogens is 837 g/mol. The van der Waals surface area contributed by atoms with E-state index in [0.717, 1.165) is 37.9 Å². The van der Waals surface area contributed by atoms with Crippen LogP contribution in [0.2, 0.25) is 0 Å². The molecule has 0 bridgehead atoms. The highest BCUT2D eigenvalue weighted by Gasteiger charge is 2.16. The quantitative estimate of drug-likeness (QED) is 0.0191. The second-order valence-corrected chi connectivity index (χ2v) is 17.8. The molecule has 9 heteroatoms. The van der Waals surface area contributed by atoms with Crippen LogP contribution < -0.4 is 23.7 Å². The molecule has 0 saturated heterocycles. The van der Waals surface area contributed by atoms with Gasteiger partial charge < -0.3 is 23.7 Å². The molecule has 0 aliphatic heterocycles. The second kappa shape index (κ2) is 35.0. The van der Waals surface area contributed by atoms with Crippen LogP contribution in [0.15, 0.2) is 101 Å². The number of azo groups is 1. The first-order valence-electron chi connectivity index (χ1n) is 26.2. The van der Waals surface area contributed by atoms with Crippen molar-refractivity contribution in [3.05, 3.63) is 102 Å². The number of unbranched alkanes of at least 4 members (excludes halogenated alkanes) is 23. The summed E-state index contributed by atoms with van der Waals surface area (Å²) in [4.78, 5) is 26.8. The maximum absolute atomic E-state index is 13.5. The number of nitrogens with zero attached hydrogens (tertiary/aromatic N) is 2. The first-order chi connectivity index (χ1) is 33.0. The van der Waals surface area contributed by atoms with Gasteiger partial charge in [-0.1, -0.05) is 168 Å². The van der Waals surface area contributed by atoms with Gasteiger partial charge in [0.2, 0.25) is 0 Å². The Kier molecular flexibility index (Phi) is 28.5. The van der Waals surface area contributed by atoms with Crippen LogP contribution in [-0.2, 0) is 0 Å². The molecule has 9 nitrogen and oxygen atoms in total. The summed E-state index contributed by atoms with van der Waals surface area (Å²) in [5.74, 6) is 1.31. The van der Waals surface area contributed by atoms with E-state index < -0.39 is 11.9 Å². The molecule has 0 atom stereocenters. The third-order valence-electron chi connectivity index (χ3n) is 11.9. The maximum atomic E-state index is 13.5. The minimum Gasteiger partial charge on any atom is -0.494 e. The highest BCUT2D eigenvalue weighted by Crippen LogP contribution is 2.35. The second-order valence-electron chi connectivity index (χ2n) is 17.8. The molecule has 0 aliphatic carbocycles. The Balaban J connectivity index is 1.32. The van der Waals surface area contributed by atoms with Gasteiger partial charge in [0.25, 0.3) is 0 Å². The van der Waals surface area contributed by atoms with E-state index in [0.29, 0.717) is 48.1 Å². The summed E-state index contributed by atoms with van der Waals surface area (Å²) >= 11 is 0. The van der Waals surface area contributed by atoms with Gasteiger partial charge in [-0.3, -0.25) is 0 Å². The highest BCUT2D eigenvalue weighted by atomic mass is 16.5.